The van der Waals surface area contributed by atoms with E-state index >= 15 is 0 Å². The zero-order chi connectivity index (χ0) is 21.3. The molecule has 1 aliphatic heterocycles. The number of anilines is 2. The average molecular weight is 452 g/mol. The molecule has 11 heteroatoms. The Morgan fingerprint density at radius 1 is 1.16 bits per heavy atom. The zero-order valence-electron chi connectivity index (χ0n) is 15.9. The van der Waals surface area contributed by atoms with Gasteiger partial charge in [0.25, 0.3) is 5.91 Å². The second-order valence-electron chi connectivity index (χ2n) is 6.58. The van der Waals surface area contributed by atoms with Crippen molar-refractivity contribution in [3.63, 3.8) is 0 Å². The van der Waals surface area contributed by atoms with Gasteiger partial charge < -0.3 is 21.1 Å². The number of amides is 1. The summed E-state index contributed by atoms with van der Waals surface area (Å²) in [5.74, 6) is -3.53. The van der Waals surface area contributed by atoms with Crippen LogP contribution >= 0.6 is 12.4 Å². The maximum atomic E-state index is 14.4. The maximum absolute atomic E-state index is 14.4. The van der Waals surface area contributed by atoms with Crippen LogP contribution in [0.25, 0.3) is 11.3 Å². The Hall–Kier alpha value is -3.37. The first kappa shape index (κ1) is 22.3. The second-order valence-corrected chi connectivity index (χ2v) is 6.58. The van der Waals surface area contributed by atoms with Crippen LogP contribution in [0.3, 0.4) is 0 Å². The van der Waals surface area contributed by atoms with Crippen LogP contribution in [0.5, 0.6) is 5.75 Å². The number of hydrogen-bond acceptors (Lipinski definition) is 6. The Kier molecular flexibility index (Phi) is 6.62. The number of nitrogens with two attached hydrogens (primary N) is 1. The highest BCUT2D eigenvalue weighted by atomic mass is 35.5. The molecule has 1 aliphatic rings. The van der Waals surface area contributed by atoms with Gasteiger partial charge in [-0.3, -0.25) is 9.78 Å². The fourth-order valence-corrected chi connectivity index (χ4v) is 2.87. The van der Waals surface area contributed by atoms with Crippen LogP contribution in [-0.2, 0) is 0 Å². The minimum atomic E-state index is -1.06. The molecule has 1 fully saturated rings. The topological polar surface area (TPSA) is 102 Å². The molecule has 0 saturated carbocycles. The lowest BCUT2D eigenvalue weighted by molar-refractivity contribution is 0.102. The molecule has 162 valence electrons. The summed E-state index contributed by atoms with van der Waals surface area (Å²) in [5.41, 5.74) is 3.96. The fraction of sp³-hybridized carbons (Fsp3) is 0.150. The van der Waals surface area contributed by atoms with Gasteiger partial charge in [0.1, 0.15) is 34.9 Å². The number of nitrogens with one attached hydrogen (secondary N) is 2. The summed E-state index contributed by atoms with van der Waals surface area (Å²) in [7, 11) is 0. The van der Waals surface area contributed by atoms with E-state index in [-0.39, 0.29) is 29.9 Å². The Morgan fingerprint density at radius 2 is 1.87 bits per heavy atom. The van der Waals surface area contributed by atoms with Crippen molar-refractivity contribution in [2.75, 3.05) is 24.1 Å². The van der Waals surface area contributed by atoms with E-state index in [9.17, 15) is 18.0 Å². The lowest BCUT2D eigenvalue weighted by Gasteiger charge is -2.28. The van der Waals surface area contributed by atoms with Gasteiger partial charge in [-0.1, -0.05) is 6.07 Å². The van der Waals surface area contributed by atoms with Gasteiger partial charge >= 0.3 is 0 Å². The molecule has 2 aromatic heterocycles. The molecule has 1 aromatic carbocycles. The van der Waals surface area contributed by atoms with Gasteiger partial charge in [0, 0.05) is 31.4 Å². The minimum Gasteiger partial charge on any atom is -0.485 e. The lowest BCUT2D eigenvalue weighted by atomic mass is 10.1. The van der Waals surface area contributed by atoms with E-state index in [2.05, 4.69) is 20.6 Å². The summed E-state index contributed by atoms with van der Waals surface area (Å²) in [4.78, 5) is 20.5. The number of hydrogen-bond donors (Lipinski definition) is 3. The molecule has 1 amide bonds. The van der Waals surface area contributed by atoms with Crippen molar-refractivity contribution in [1.82, 2.24) is 15.3 Å². The number of nitrogens with zero attached hydrogens (tertiary/aromatic N) is 2. The van der Waals surface area contributed by atoms with Gasteiger partial charge in [-0.05, 0) is 12.1 Å². The van der Waals surface area contributed by atoms with Crippen molar-refractivity contribution >= 4 is 29.7 Å². The van der Waals surface area contributed by atoms with Crippen molar-refractivity contribution in [1.29, 1.82) is 0 Å². The molecule has 0 spiro atoms. The smallest absolute Gasteiger partial charge is 0.276 e. The number of benzene rings is 1. The Balaban J connectivity index is 0.00000272. The van der Waals surface area contributed by atoms with E-state index in [1.807, 2.05) is 0 Å². The highest BCUT2D eigenvalue weighted by molar-refractivity contribution is 6.07. The van der Waals surface area contributed by atoms with Crippen molar-refractivity contribution < 1.29 is 22.7 Å². The lowest BCUT2D eigenvalue weighted by Crippen LogP contribution is -2.50. The van der Waals surface area contributed by atoms with Crippen LogP contribution in [0.15, 0.2) is 42.7 Å². The van der Waals surface area contributed by atoms with Crippen molar-refractivity contribution in [2.45, 2.75) is 6.10 Å². The minimum absolute atomic E-state index is 0. The standard InChI is InChI=1S/C20H16F3N5O2.ClH/c21-11-2-1-3-12(22)17(11)18-13(23)6-14(24)19(28-18)20(29)27-15-9-25-5-4-16(15)30-10-7-26-8-10;/h1-6,9-10,26H,7-8,24H2,(H,27,29);1H. The van der Waals surface area contributed by atoms with Gasteiger partial charge in [-0.2, -0.15) is 0 Å². The van der Waals surface area contributed by atoms with E-state index in [1.165, 1.54) is 12.4 Å². The molecule has 0 unspecified atom stereocenters. The number of carbonyl (C=O) groups excluding carboxylic acids is 1. The summed E-state index contributed by atoms with van der Waals surface area (Å²) in [6.07, 6.45) is 2.82. The van der Waals surface area contributed by atoms with Gasteiger partial charge in [-0.25, -0.2) is 18.2 Å². The molecule has 0 aliphatic carbocycles. The number of halogens is 4. The van der Waals surface area contributed by atoms with Crippen LogP contribution in [0, 0.1) is 17.5 Å². The van der Waals surface area contributed by atoms with Crippen molar-refractivity contribution in [2.24, 2.45) is 0 Å². The number of ether oxygens (including phenoxy) is 1. The first-order chi connectivity index (χ1) is 14.4. The molecule has 0 radical (unpaired) electrons. The summed E-state index contributed by atoms with van der Waals surface area (Å²) in [5, 5.41) is 5.61. The number of aromatic nitrogens is 2. The molecule has 3 heterocycles. The molecule has 3 aromatic rings. The van der Waals surface area contributed by atoms with E-state index in [0.717, 1.165) is 24.3 Å². The molecule has 1 saturated heterocycles. The predicted octanol–water partition coefficient (Wildman–Crippen LogP) is 3.17. The number of nitrogen functional groups attached to an aromatic ring is 1. The molecule has 4 N–H and O–H groups in total. The normalized spacial score (nSPS) is 13.1. The number of carbonyl (C=O) groups is 1. The van der Waals surface area contributed by atoms with Crippen LogP contribution in [0.2, 0.25) is 0 Å². The Bertz CT molecular complexity index is 1110. The average Bonchev–Trinajstić information content (AvgIpc) is 2.67. The van der Waals surface area contributed by atoms with Gasteiger partial charge in [-0.15, -0.1) is 12.4 Å². The molecular formula is C20H17ClF3N5O2. The highest BCUT2D eigenvalue weighted by Crippen LogP contribution is 2.30. The zero-order valence-corrected chi connectivity index (χ0v) is 16.7. The van der Waals surface area contributed by atoms with Crippen molar-refractivity contribution in [3.8, 4) is 17.0 Å². The third kappa shape index (κ3) is 4.54. The van der Waals surface area contributed by atoms with E-state index in [4.69, 9.17) is 10.5 Å². The molecule has 31 heavy (non-hydrogen) atoms. The van der Waals surface area contributed by atoms with E-state index in [0.29, 0.717) is 18.8 Å². The van der Waals surface area contributed by atoms with Crippen LogP contribution in [0.4, 0.5) is 24.5 Å². The van der Waals surface area contributed by atoms with E-state index < -0.39 is 40.3 Å². The first-order valence-corrected chi connectivity index (χ1v) is 8.97. The number of pyridine rings is 2. The molecule has 0 atom stereocenters. The van der Waals surface area contributed by atoms with Gasteiger partial charge in [0.2, 0.25) is 0 Å². The summed E-state index contributed by atoms with van der Waals surface area (Å²) >= 11 is 0. The molecular weight excluding hydrogens is 435 g/mol. The van der Waals surface area contributed by atoms with Crippen LogP contribution < -0.4 is 21.1 Å². The third-order valence-corrected chi connectivity index (χ3v) is 4.49. The molecule has 4 rings (SSSR count). The summed E-state index contributed by atoms with van der Waals surface area (Å²) in [6.45, 7) is 1.33. The highest BCUT2D eigenvalue weighted by Gasteiger charge is 2.24. The van der Waals surface area contributed by atoms with Crippen LogP contribution in [0.1, 0.15) is 10.5 Å². The summed E-state index contributed by atoms with van der Waals surface area (Å²) in [6, 6.07) is 5.44. The monoisotopic (exact) mass is 451 g/mol. The Morgan fingerprint density at radius 3 is 2.52 bits per heavy atom. The SMILES string of the molecule is Cl.Nc1cc(F)c(-c2c(F)cccc2F)nc1C(=O)Nc1cnccc1OC1CNC1. The van der Waals surface area contributed by atoms with Gasteiger partial charge in [0.15, 0.2) is 11.5 Å². The fourth-order valence-electron chi connectivity index (χ4n) is 2.87. The quantitative estimate of drug-likeness (QED) is 0.550. The largest absolute Gasteiger partial charge is 0.485 e. The van der Waals surface area contributed by atoms with Gasteiger partial charge in [0.05, 0.1) is 17.4 Å². The predicted molar refractivity (Wildman–Crippen MR) is 111 cm³/mol. The molecule has 0 bridgehead atoms. The number of rotatable bonds is 5. The summed E-state index contributed by atoms with van der Waals surface area (Å²) < 4.78 is 48.3. The van der Waals surface area contributed by atoms with Crippen LogP contribution in [-0.4, -0.2) is 35.1 Å². The Labute approximate surface area is 181 Å². The maximum Gasteiger partial charge on any atom is 0.276 e. The van der Waals surface area contributed by atoms with E-state index in [1.54, 1.807) is 6.07 Å². The first-order valence-electron chi connectivity index (χ1n) is 8.97. The molecule has 7 nitrogen and oxygen atoms in total. The van der Waals surface area contributed by atoms with Crippen molar-refractivity contribution in [3.05, 3.63) is 65.9 Å². The second kappa shape index (κ2) is 9.19. The third-order valence-electron chi connectivity index (χ3n) is 4.49.